The minimum Gasteiger partial charge on any atom is -0.455 e. The van der Waals surface area contributed by atoms with Gasteiger partial charge in [0.15, 0.2) is 0 Å². The van der Waals surface area contributed by atoms with E-state index in [1.54, 1.807) is 0 Å². The van der Waals surface area contributed by atoms with Gasteiger partial charge in [-0.15, -0.1) is 0 Å². The third-order valence-corrected chi connectivity index (χ3v) is 10.4. The molecule has 1 aliphatic carbocycles. The van der Waals surface area contributed by atoms with Gasteiger partial charge in [-0.2, -0.15) is 0 Å². The molecule has 0 unspecified atom stereocenters. The maximum absolute atomic E-state index is 6.86. The minimum absolute atomic E-state index is 0.191. The van der Waals surface area contributed by atoms with Gasteiger partial charge in [0.25, 0.3) is 0 Å². The third-order valence-electron chi connectivity index (χ3n) is 10.4. The van der Waals surface area contributed by atoms with E-state index in [0.29, 0.717) is 0 Å². The zero-order chi connectivity index (χ0) is 32.0. The molecule has 0 atom stereocenters. The number of fused-ring (bicyclic) bond motifs is 10. The highest BCUT2D eigenvalue weighted by Crippen LogP contribution is 2.56. The summed E-state index contributed by atoms with van der Waals surface area (Å²) in [6.45, 7) is 4.68. The molecule has 7 aromatic carbocycles. The summed E-state index contributed by atoms with van der Waals surface area (Å²) >= 11 is 0. The molecule has 10 rings (SSSR count). The lowest BCUT2D eigenvalue weighted by molar-refractivity contribution is 0.653. The first kappa shape index (κ1) is 27.1. The van der Waals surface area contributed by atoms with E-state index >= 15 is 0 Å². The second kappa shape index (κ2) is 9.97. The Hall–Kier alpha value is -6.06. The fourth-order valence-electron chi connectivity index (χ4n) is 8.17. The molecule has 0 spiro atoms. The second-order valence-corrected chi connectivity index (χ2v) is 13.4. The maximum atomic E-state index is 6.86. The second-order valence-electron chi connectivity index (χ2n) is 13.4. The molecule has 48 heavy (non-hydrogen) atoms. The number of benzene rings is 7. The first-order valence-corrected chi connectivity index (χ1v) is 16.6. The number of hydrogen-bond donors (Lipinski definition) is 0. The average Bonchev–Trinajstić information content (AvgIpc) is 3.75. The molecule has 0 bridgehead atoms. The lowest BCUT2D eigenvalue weighted by Gasteiger charge is -2.29. The molecule has 1 aliphatic rings. The zero-order valence-electron chi connectivity index (χ0n) is 26.8. The molecule has 0 aliphatic heterocycles. The molecule has 0 N–H and O–H groups in total. The van der Waals surface area contributed by atoms with Crippen molar-refractivity contribution in [3.05, 3.63) is 169 Å². The van der Waals surface area contributed by atoms with E-state index in [-0.39, 0.29) is 5.41 Å². The zero-order valence-corrected chi connectivity index (χ0v) is 26.8. The highest BCUT2D eigenvalue weighted by Gasteiger charge is 2.39. The Morgan fingerprint density at radius 2 is 1.21 bits per heavy atom. The first-order chi connectivity index (χ1) is 23.6. The molecule has 0 radical (unpaired) electrons. The lowest BCUT2D eigenvalue weighted by atomic mass is 9.82. The number of para-hydroxylation sites is 4. The van der Waals surface area contributed by atoms with Crippen LogP contribution in [0, 0.1) is 0 Å². The topological polar surface area (TPSA) is 21.3 Å². The summed E-state index contributed by atoms with van der Waals surface area (Å²) in [4.78, 5) is 2.43. The predicted molar refractivity (Wildman–Crippen MR) is 200 cm³/mol. The summed E-state index contributed by atoms with van der Waals surface area (Å²) in [5, 5.41) is 4.70. The lowest BCUT2D eigenvalue weighted by Crippen LogP contribution is -2.16. The van der Waals surface area contributed by atoms with Gasteiger partial charge in [-0.05, 0) is 77.4 Å². The molecule has 0 fully saturated rings. The van der Waals surface area contributed by atoms with E-state index in [1.807, 2.05) is 0 Å². The van der Waals surface area contributed by atoms with Crippen LogP contribution in [-0.2, 0) is 5.41 Å². The van der Waals surface area contributed by atoms with Gasteiger partial charge in [-0.1, -0.05) is 111 Å². The van der Waals surface area contributed by atoms with Gasteiger partial charge in [-0.3, -0.25) is 0 Å². The molecule has 2 aromatic heterocycles. The number of aromatic nitrogens is 1. The molecule has 0 amide bonds. The Morgan fingerprint density at radius 3 is 2.04 bits per heavy atom. The Bertz CT molecular complexity index is 2700. The number of anilines is 3. The van der Waals surface area contributed by atoms with Crippen LogP contribution in [0.25, 0.3) is 60.6 Å². The normalized spacial score (nSPS) is 13.4. The highest BCUT2D eigenvalue weighted by atomic mass is 16.3. The SMILES string of the molecule is CC1(C)c2ccccc2-c2c1cc(N(c1ccccc1)c1ccc3c(c1)c1ccccc1n3-c1ccccc1)c1c2oc2ccccc21. The van der Waals surface area contributed by atoms with Gasteiger partial charge in [0.1, 0.15) is 11.2 Å². The van der Waals surface area contributed by atoms with E-state index < -0.39 is 0 Å². The van der Waals surface area contributed by atoms with Gasteiger partial charge >= 0.3 is 0 Å². The fourth-order valence-corrected chi connectivity index (χ4v) is 8.17. The van der Waals surface area contributed by atoms with Gasteiger partial charge in [0.2, 0.25) is 0 Å². The van der Waals surface area contributed by atoms with Crippen molar-refractivity contribution in [2.75, 3.05) is 4.90 Å². The molecule has 0 saturated carbocycles. The van der Waals surface area contributed by atoms with Crippen LogP contribution in [0.3, 0.4) is 0 Å². The van der Waals surface area contributed by atoms with Crippen LogP contribution in [0.4, 0.5) is 17.1 Å². The standard InChI is InChI=1S/C45H32N2O/c1-45(2)36-22-12-9-20-33(36)42-37(45)28-40(43-34-21-11-14-24-41(34)48-44(42)43)46(29-15-5-3-6-16-29)31-25-26-39-35(27-31)32-19-10-13-23-38(32)47(39)30-17-7-4-8-18-30/h3-28H,1-2H3. The largest absolute Gasteiger partial charge is 0.455 e. The first-order valence-electron chi connectivity index (χ1n) is 16.6. The summed E-state index contributed by atoms with van der Waals surface area (Å²) in [5.41, 5.74) is 13.6. The summed E-state index contributed by atoms with van der Waals surface area (Å²) in [6, 6.07) is 56.8. The average molecular weight is 617 g/mol. The Balaban J connectivity index is 1.31. The number of nitrogens with zero attached hydrogens (tertiary/aromatic N) is 2. The monoisotopic (exact) mass is 616 g/mol. The van der Waals surface area contributed by atoms with E-state index in [4.69, 9.17) is 4.42 Å². The van der Waals surface area contributed by atoms with E-state index in [0.717, 1.165) is 44.7 Å². The number of rotatable bonds is 4. The van der Waals surface area contributed by atoms with Crippen molar-refractivity contribution in [2.24, 2.45) is 0 Å². The van der Waals surface area contributed by atoms with Crippen LogP contribution in [0.2, 0.25) is 0 Å². The number of hydrogen-bond acceptors (Lipinski definition) is 2. The van der Waals surface area contributed by atoms with E-state index in [2.05, 4.69) is 181 Å². The van der Waals surface area contributed by atoms with Gasteiger partial charge in [-0.25, -0.2) is 0 Å². The van der Waals surface area contributed by atoms with Crippen molar-refractivity contribution < 1.29 is 4.42 Å². The van der Waals surface area contributed by atoms with Crippen LogP contribution < -0.4 is 4.90 Å². The van der Waals surface area contributed by atoms with Crippen molar-refractivity contribution >= 4 is 60.8 Å². The van der Waals surface area contributed by atoms with Crippen LogP contribution in [0.5, 0.6) is 0 Å². The summed E-state index contributed by atoms with van der Waals surface area (Å²) in [6.07, 6.45) is 0. The van der Waals surface area contributed by atoms with Crippen LogP contribution in [-0.4, -0.2) is 4.57 Å². The van der Waals surface area contributed by atoms with Gasteiger partial charge in [0, 0.05) is 44.2 Å². The highest BCUT2D eigenvalue weighted by molar-refractivity contribution is 6.19. The minimum atomic E-state index is -0.191. The maximum Gasteiger partial charge on any atom is 0.145 e. The van der Waals surface area contributed by atoms with E-state index in [1.165, 1.54) is 44.1 Å². The molecule has 3 heteroatoms. The van der Waals surface area contributed by atoms with Crippen molar-refractivity contribution in [1.82, 2.24) is 4.57 Å². The number of furan rings is 1. The quantitative estimate of drug-likeness (QED) is 0.196. The van der Waals surface area contributed by atoms with Crippen LogP contribution in [0.1, 0.15) is 25.0 Å². The Morgan fingerprint density at radius 1 is 0.542 bits per heavy atom. The van der Waals surface area contributed by atoms with Crippen molar-refractivity contribution in [1.29, 1.82) is 0 Å². The predicted octanol–water partition coefficient (Wildman–Crippen LogP) is 12.5. The van der Waals surface area contributed by atoms with E-state index in [9.17, 15) is 0 Å². The molecular formula is C45H32N2O. The summed E-state index contributed by atoms with van der Waals surface area (Å²) < 4.78 is 9.23. The third kappa shape index (κ3) is 3.70. The molecule has 228 valence electrons. The molecule has 3 nitrogen and oxygen atoms in total. The Labute approximate surface area is 278 Å². The molecule has 0 saturated heterocycles. The van der Waals surface area contributed by atoms with Gasteiger partial charge in [0.05, 0.1) is 22.1 Å². The van der Waals surface area contributed by atoms with Crippen molar-refractivity contribution in [2.45, 2.75) is 19.3 Å². The Kier molecular flexibility index (Phi) is 5.63. The van der Waals surface area contributed by atoms with Crippen molar-refractivity contribution in [3.63, 3.8) is 0 Å². The molecular weight excluding hydrogens is 585 g/mol. The van der Waals surface area contributed by atoms with Crippen LogP contribution in [0.15, 0.2) is 162 Å². The van der Waals surface area contributed by atoms with Crippen molar-refractivity contribution in [3.8, 4) is 16.8 Å². The van der Waals surface area contributed by atoms with Crippen LogP contribution >= 0.6 is 0 Å². The molecule has 2 heterocycles. The summed E-state index contributed by atoms with van der Waals surface area (Å²) in [5.74, 6) is 0. The van der Waals surface area contributed by atoms with Gasteiger partial charge < -0.3 is 13.9 Å². The molecule has 9 aromatic rings. The smallest absolute Gasteiger partial charge is 0.145 e. The fraction of sp³-hybridized carbons (Fsp3) is 0.0667. The summed E-state index contributed by atoms with van der Waals surface area (Å²) in [7, 11) is 0.